The lowest BCUT2D eigenvalue weighted by atomic mass is 10.1. The van der Waals surface area contributed by atoms with E-state index in [4.69, 9.17) is 9.15 Å². The second kappa shape index (κ2) is 7.46. The molecule has 0 saturated heterocycles. The van der Waals surface area contributed by atoms with Crippen molar-refractivity contribution >= 4 is 11.0 Å². The van der Waals surface area contributed by atoms with Gasteiger partial charge in [-0.1, -0.05) is 30.3 Å². The second-order valence-corrected chi connectivity index (χ2v) is 6.49. The van der Waals surface area contributed by atoms with Crippen molar-refractivity contribution < 1.29 is 13.7 Å². The number of ether oxygens (including phenoxy) is 1. The molecule has 4 nitrogen and oxygen atoms in total. The van der Waals surface area contributed by atoms with Gasteiger partial charge in [-0.15, -0.1) is 0 Å². The average molecular weight is 358 g/mol. The van der Waals surface area contributed by atoms with Crippen LogP contribution in [-0.4, -0.2) is 7.11 Å². The van der Waals surface area contributed by atoms with E-state index in [0.717, 1.165) is 17.4 Å². The van der Waals surface area contributed by atoms with Crippen LogP contribution in [0.4, 0.5) is 0 Å². The SMILES string of the molecule is COc1ccc2c(C[n+]3ccc(Cc4ccccc4)cc3)cc(=O)oc2c1. The van der Waals surface area contributed by atoms with Gasteiger partial charge in [0.15, 0.2) is 18.9 Å². The van der Waals surface area contributed by atoms with Gasteiger partial charge < -0.3 is 9.15 Å². The summed E-state index contributed by atoms with van der Waals surface area (Å²) < 4.78 is 12.6. The number of benzene rings is 2. The highest BCUT2D eigenvalue weighted by Gasteiger charge is 2.11. The van der Waals surface area contributed by atoms with Gasteiger partial charge in [0, 0.05) is 35.2 Å². The Hall–Kier alpha value is -3.40. The molecule has 4 heteroatoms. The fraction of sp³-hybridized carbons (Fsp3) is 0.130. The first-order valence-corrected chi connectivity index (χ1v) is 8.84. The van der Waals surface area contributed by atoms with Crippen LogP contribution in [0.15, 0.2) is 88.3 Å². The van der Waals surface area contributed by atoms with E-state index in [0.29, 0.717) is 17.9 Å². The van der Waals surface area contributed by atoms with Crippen LogP contribution in [0.1, 0.15) is 16.7 Å². The molecule has 4 rings (SSSR count). The lowest BCUT2D eigenvalue weighted by molar-refractivity contribution is -0.688. The third-order valence-corrected chi connectivity index (χ3v) is 4.60. The van der Waals surface area contributed by atoms with E-state index in [2.05, 4.69) is 41.0 Å². The first kappa shape index (κ1) is 17.0. The highest BCUT2D eigenvalue weighted by Crippen LogP contribution is 2.22. The van der Waals surface area contributed by atoms with Crippen molar-refractivity contribution in [1.82, 2.24) is 0 Å². The van der Waals surface area contributed by atoms with Crippen molar-refractivity contribution in [3.05, 3.63) is 106 Å². The number of pyridine rings is 1. The van der Waals surface area contributed by atoms with Gasteiger partial charge in [0.05, 0.1) is 7.11 Å². The topological polar surface area (TPSA) is 43.3 Å². The van der Waals surface area contributed by atoms with Gasteiger partial charge in [0.2, 0.25) is 0 Å². The molecule has 134 valence electrons. The third-order valence-electron chi connectivity index (χ3n) is 4.60. The van der Waals surface area contributed by atoms with Crippen molar-refractivity contribution in [1.29, 1.82) is 0 Å². The zero-order chi connectivity index (χ0) is 18.6. The average Bonchev–Trinajstić information content (AvgIpc) is 2.69. The minimum Gasteiger partial charge on any atom is -0.497 e. The highest BCUT2D eigenvalue weighted by atomic mass is 16.5. The lowest BCUT2D eigenvalue weighted by Crippen LogP contribution is -2.33. The number of hydrogen-bond acceptors (Lipinski definition) is 3. The van der Waals surface area contributed by atoms with Gasteiger partial charge in [-0.2, -0.15) is 0 Å². The van der Waals surface area contributed by atoms with E-state index in [-0.39, 0.29) is 5.63 Å². The summed E-state index contributed by atoms with van der Waals surface area (Å²) >= 11 is 0. The largest absolute Gasteiger partial charge is 0.497 e. The van der Waals surface area contributed by atoms with E-state index < -0.39 is 0 Å². The first-order valence-electron chi connectivity index (χ1n) is 8.84. The van der Waals surface area contributed by atoms with Gasteiger partial charge in [-0.05, 0) is 29.7 Å². The van der Waals surface area contributed by atoms with Crippen molar-refractivity contribution in [2.45, 2.75) is 13.0 Å². The Morgan fingerprint density at radius 1 is 0.926 bits per heavy atom. The zero-order valence-electron chi connectivity index (χ0n) is 15.1. The number of hydrogen-bond donors (Lipinski definition) is 0. The molecule has 2 aromatic carbocycles. The summed E-state index contributed by atoms with van der Waals surface area (Å²) in [6.45, 7) is 0.597. The van der Waals surface area contributed by atoms with Crippen LogP contribution in [0.25, 0.3) is 11.0 Å². The molecule has 0 saturated carbocycles. The Morgan fingerprint density at radius 2 is 1.67 bits per heavy atom. The number of methoxy groups -OCH3 is 1. The van der Waals surface area contributed by atoms with Crippen LogP contribution in [0.2, 0.25) is 0 Å². The quantitative estimate of drug-likeness (QED) is 0.403. The summed E-state index contributed by atoms with van der Waals surface area (Å²) in [5.74, 6) is 0.667. The van der Waals surface area contributed by atoms with Crippen LogP contribution in [0.3, 0.4) is 0 Å². The van der Waals surface area contributed by atoms with Crippen LogP contribution >= 0.6 is 0 Å². The number of nitrogens with zero attached hydrogens (tertiary/aromatic N) is 1. The van der Waals surface area contributed by atoms with Crippen LogP contribution in [0.5, 0.6) is 5.75 Å². The summed E-state index contributed by atoms with van der Waals surface area (Å²) in [6, 6.07) is 21.7. The van der Waals surface area contributed by atoms with E-state index in [1.807, 2.05) is 30.6 Å². The molecule has 0 unspecified atom stereocenters. The number of aromatic nitrogens is 1. The summed E-state index contributed by atoms with van der Waals surface area (Å²) in [5.41, 5.74) is 3.64. The van der Waals surface area contributed by atoms with Gasteiger partial charge >= 0.3 is 5.63 Å². The molecule has 0 radical (unpaired) electrons. The van der Waals surface area contributed by atoms with Gasteiger partial charge in [-0.25, -0.2) is 9.36 Å². The maximum absolute atomic E-state index is 11.9. The van der Waals surface area contributed by atoms with E-state index >= 15 is 0 Å². The zero-order valence-corrected chi connectivity index (χ0v) is 15.1. The fourth-order valence-corrected chi connectivity index (χ4v) is 3.21. The predicted octanol–water partition coefficient (Wildman–Crippen LogP) is 3.73. The van der Waals surface area contributed by atoms with Crippen molar-refractivity contribution in [3.8, 4) is 5.75 Å². The minimum absolute atomic E-state index is 0.355. The molecule has 0 bridgehead atoms. The predicted molar refractivity (Wildman–Crippen MR) is 104 cm³/mol. The van der Waals surface area contributed by atoms with E-state index in [9.17, 15) is 4.79 Å². The maximum Gasteiger partial charge on any atom is 0.336 e. The molecule has 0 fully saturated rings. The van der Waals surface area contributed by atoms with Crippen molar-refractivity contribution in [2.75, 3.05) is 7.11 Å². The Labute approximate surface area is 157 Å². The molecule has 4 aromatic rings. The standard InChI is InChI=1S/C23H20NO3/c1-26-20-7-8-21-19(14-23(25)27-22(21)15-20)16-24-11-9-18(10-12-24)13-17-5-3-2-4-6-17/h2-12,14-15H,13,16H2,1H3/q+1. The third kappa shape index (κ3) is 3.90. The molecular formula is C23H20NO3+. The summed E-state index contributed by atoms with van der Waals surface area (Å²) in [5, 5.41) is 0.913. The fourth-order valence-electron chi connectivity index (χ4n) is 3.21. The Morgan fingerprint density at radius 3 is 2.41 bits per heavy atom. The molecule has 0 aliphatic carbocycles. The smallest absolute Gasteiger partial charge is 0.336 e. The van der Waals surface area contributed by atoms with Gasteiger partial charge in [-0.3, -0.25) is 0 Å². The van der Waals surface area contributed by atoms with Gasteiger partial charge in [0.1, 0.15) is 11.3 Å². The maximum atomic E-state index is 11.9. The minimum atomic E-state index is -0.355. The normalized spacial score (nSPS) is 10.9. The first-order chi connectivity index (χ1) is 13.2. The van der Waals surface area contributed by atoms with Crippen LogP contribution in [0, 0.1) is 0 Å². The number of rotatable bonds is 5. The van der Waals surface area contributed by atoms with Gasteiger partial charge in [0.25, 0.3) is 0 Å². The summed E-state index contributed by atoms with van der Waals surface area (Å²) in [4.78, 5) is 11.9. The molecule has 0 aliphatic rings. The van der Waals surface area contributed by atoms with E-state index in [1.165, 1.54) is 11.1 Å². The molecule has 0 amide bonds. The Bertz CT molecular complexity index is 1120. The van der Waals surface area contributed by atoms with Crippen molar-refractivity contribution in [2.24, 2.45) is 0 Å². The molecule has 2 heterocycles. The highest BCUT2D eigenvalue weighted by molar-refractivity contribution is 5.81. The lowest BCUT2D eigenvalue weighted by Gasteiger charge is -2.05. The second-order valence-electron chi connectivity index (χ2n) is 6.49. The molecule has 27 heavy (non-hydrogen) atoms. The molecule has 0 N–H and O–H groups in total. The molecule has 2 aromatic heterocycles. The Balaban J connectivity index is 1.59. The van der Waals surface area contributed by atoms with Crippen molar-refractivity contribution in [3.63, 3.8) is 0 Å². The molecule has 0 atom stereocenters. The van der Waals surface area contributed by atoms with Crippen LogP contribution < -0.4 is 14.9 Å². The molecule has 0 spiro atoms. The molecule has 0 aliphatic heterocycles. The summed E-state index contributed by atoms with van der Waals surface area (Å²) in [6.07, 6.45) is 4.99. The number of fused-ring (bicyclic) bond motifs is 1. The summed E-state index contributed by atoms with van der Waals surface area (Å²) in [7, 11) is 1.59. The monoisotopic (exact) mass is 358 g/mol. The van der Waals surface area contributed by atoms with Crippen LogP contribution in [-0.2, 0) is 13.0 Å². The Kier molecular flexibility index (Phi) is 4.71. The van der Waals surface area contributed by atoms with E-state index in [1.54, 1.807) is 19.2 Å². The molecular weight excluding hydrogens is 338 g/mol.